The molecule has 0 aliphatic carbocycles. The molecule has 0 spiro atoms. The van der Waals surface area contributed by atoms with Crippen molar-refractivity contribution in [1.82, 2.24) is 0 Å². The summed E-state index contributed by atoms with van der Waals surface area (Å²) in [5.74, 6) is 1.02. The van der Waals surface area contributed by atoms with Crippen molar-refractivity contribution in [3.05, 3.63) is 54.1 Å². The van der Waals surface area contributed by atoms with Crippen LogP contribution in [-0.4, -0.2) is 55.7 Å². The first-order chi connectivity index (χ1) is 15.0. The summed E-state index contributed by atoms with van der Waals surface area (Å²) >= 11 is 1.25. The number of hydrogen-bond donors (Lipinski definition) is 0. The summed E-state index contributed by atoms with van der Waals surface area (Å²) in [4.78, 5) is 18.8. The summed E-state index contributed by atoms with van der Waals surface area (Å²) in [6.07, 6.45) is 0. The molecule has 5 rings (SSSR count). The van der Waals surface area contributed by atoms with Crippen molar-refractivity contribution in [3.8, 4) is 11.5 Å². The normalized spacial score (nSPS) is 22.8. The fourth-order valence-electron chi connectivity index (χ4n) is 3.87. The lowest BCUT2D eigenvalue weighted by Gasteiger charge is -2.26. The van der Waals surface area contributed by atoms with E-state index in [1.165, 1.54) is 11.8 Å². The number of hydrogen-bond acceptors (Lipinski definition) is 9. The van der Waals surface area contributed by atoms with Crippen LogP contribution in [0, 0.1) is 0 Å². The first-order valence-electron chi connectivity index (χ1n) is 9.78. The Hall–Kier alpha value is -2.72. The van der Waals surface area contributed by atoms with Crippen LogP contribution in [-0.2, 0) is 26.0 Å². The van der Waals surface area contributed by atoms with E-state index in [0.29, 0.717) is 16.7 Å². The van der Waals surface area contributed by atoms with Gasteiger partial charge in [0.2, 0.25) is 6.79 Å². The minimum atomic E-state index is -3.16. The number of carbonyl (C=O) groups is 1. The topological polar surface area (TPSA) is 94.5 Å². The third kappa shape index (κ3) is 4.22. The highest BCUT2D eigenvalue weighted by atomic mass is 32.2. The van der Waals surface area contributed by atoms with Gasteiger partial charge in [0.15, 0.2) is 26.5 Å². The lowest BCUT2D eigenvalue weighted by Crippen LogP contribution is -2.39. The van der Waals surface area contributed by atoms with E-state index in [2.05, 4.69) is 4.99 Å². The molecule has 0 saturated carbocycles. The van der Waals surface area contributed by atoms with Crippen LogP contribution >= 0.6 is 11.8 Å². The monoisotopic (exact) mass is 460 g/mol. The Labute approximate surface area is 184 Å². The number of aliphatic imine (C=N–C) groups is 1. The second-order valence-electron chi connectivity index (χ2n) is 7.47. The van der Waals surface area contributed by atoms with Crippen molar-refractivity contribution in [2.24, 2.45) is 4.99 Å². The highest BCUT2D eigenvalue weighted by molar-refractivity contribution is 8.14. The maximum Gasteiger partial charge on any atom is 0.316 e. The summed E-state index contributed by atoms with van der Waals surface area (Å²) in [5, 5.41) is 0.612. The first-order valence-corrected chi connectivity index (χ1v) is 12.6. The molecule has 2 unspecified atom stereocenters. The number of esters is 1. The third-order valence-electron chi connectivity index (χ3n) is 5.30. The number of rotatable bonds is 5. The van der Waals surface area contributed by atoms with Crippen molar-refractivity contribution in [2.45, 2.75) is 18.7 Å². The Bertz CT molecular complexity index is 1140. The van der Waals surface area contributed by atoms with E-state index in [9.17, 15) is 13.2 Å². The van der Waals surface area contributed by atoms with Crippen LogP contribution in [0.25, 0.3) is 0 Å². The van der Waals surface area contributed by atoms with Gasteiger partial charge in [0.05, 0.1) is 29.3 Å². The maximum atomic E-state index is 12.3. The van der Waals surface area contributed by atoms with Gasteiger partial charge in [0.1, 0.15) is 6.61 Å². The van der Waals surface area contributed by atoms with Crippen LogP contribution in [0.4, 0.5) is 5.69 Å². The zero-order valence-corrected chi connectivity index (χ0v) is 18.1. The second kappa shape index (κ2) is 8.08. The molecule has 0 amide bonds. The standard InChI is InChI=1S/C21H20N2O6S2/c24-20(27-9-14-4-2-1-3-5-14)10-30-21-22-16-11-31(25,26)12-17(16)23(21)15-6-7-18-19(8-15)29-13-28-18/h1-8,16-17H,9-13H2. The van der Waals surface area contributed by atoms with Crippen LogP contribution in [0.1, 0.15) is 5.56 Å². The Morgan fingerprint density at radius 1 is 1.13 bits per heavy atom. The lowest BCUT2D eigenvalue weighted by atomic mass is 10.1. The fourth-order valence-corrected chi connectivity index (χ4v) is 6.64. The average Bonchev–Trinajstić information content (AvgIpc) is 3.42. The zero-order chi connectivity index (χ0) is 21.4. The summed E-state index contributed by atoms with van der Waals surface area (Å²) < 4.78 is 40.6. The Morgan fingerprint density at radius 2 is 1.94 bits per heavy atom. The van der Waals surface area contributed by atoms with E-state index < -0.39 is 9.84 Å². The number of anilines is 1. The number of nitrogens with zero attached hydrogens (tertiary/aromatic N) is 2. The molecule has 31 heavy (non-hydrogen) atoms. The molecular formula is C21H20N2O6S2. The molecule has 2 atom stereocenters. The minimum absolute atomic E-state index is 0.0151. The molecular weight excluding hydrogens is 440 g/mol. The van der Waals surface area contributed by atoms with E-state index in [-0.39, 0.29) is 48.7 Å². The molecule has 2 aromatic carbocycles. The molecule has 1 saturated heterocycles. The van der Waals surface area contributed by atoms with Gasteiger partial charge in [-0.05, 0) is 17.7 Å². The third-order valence-corrected chi connectivity index (χ3v) is 7.94. The number of fused-ring (bicyclic) bond motifs is 2. The summed E-state index contributed by atoms with van der Waals surface area (Å²) in [5.41, 5.74) is 1.68. The zero-order valence-electron chi connectivity index (χ0n) is 16.5. The van der Waals surface area contributed by atoms with E-state index in [1.807, 2.05) is 47.4 Å². The highest BCUT2D eigenvalue weighted by Gasteiger charge is 2.47. The molecule has 0 radical (unpaired) electrons. The number of amidine groups is 1. The number of carbonyl (C=O) groups excluding carboxylic acids is 1. The van der Waals surface area contributed by atoms with Crippen LogP contribution in [0.2, 0.25) is 0 Å². The molecule has 0 bridgehead atoms. The Kier molecular flexibility index (Phi) is 5.27. The van der Waals surface area contributed by atoms with Crippen LogP contribution in [0.15, 0.2) is 53.5 Å². The minimum Gasteiger partial charge on any atom is -0.460 e. The lowest BCUT2D eigenvalue weighted by molar-refractivity contribution is -0.141. The molecule has 162 valence electrons. The molecule has 8 nitrogen and oxygen atoms in total. The molecule has 2 aromatic rings. The van der Waals surface area contributed by atoms with Crippen molar-refractivity contribution in [1.29, 1.82) is 0 Å². The Balaban J connectivity index is 1.31. The van der Waals surface area contributed by atoms with Gasteiger partial charge in [0.25, 0.3) is 0 Å². The molecule has 0 aromatic heterocycles. The van der Waals surface area contributed by atoms with Gasteiger partial charge in [0, 0.05) is 11.8 Å². The summed E-state index contributed by atoms with van der Waals surface area (Å²) in [7, 11) is -3.16. The van der Waals surface area contributed by atoms with Gasteiger partial charge >= 0.3 is 5.97 Å². The fraction of sp³-hybridized carbons (Fsp3) is 0.333. The average molecular weight is 461 g/mol. The SMILES string of the molecule is O=C(CSC1=NC2CS(=O)(=O)CC2N1c1ccc2c(c1)OCO2)OCc1ccccc1. The van der Waals surface area contributed by atoms with Crippen molar-refractivity contribution < 1.29 is 27.4 Å². The van der Waals surface area contributed by atoms with Gasteiger partial charge in [-0.25, -0.2) is 8.42 Å². The van der Waals surface area contributed by atoms with Crippen LogP contribution < -0.4 is 14.4 Å². The van der Waals surface area contributed by atoms with Crippen molar-refractivity contribution in [3.63, 3.8) is 0 Å². The van der Waals surface area contributed by atoms with Crippen molar-refractivity contribution >= 4 is 38.4 Å². The molecule has 3 aliphatic heterocycles. The van der Waals surface area contributed by atoms with Crippen LogP contribution in [0.5, 0.6) is 11.5 Å². The van der Waals surface area contributed by atoms with Crippen molar-refractivity contribution in [2.75, 3.05) is 29.0 Å². The van der Waals surface area contributed by atoms with E-state index in [4.69, 9.17) is 14.2 Å². The molecule has 10 heteroatoms. The number of sulfone groups is 1. The summed E-state index contributed by atoms with van der Waals surface area (Å²) in [6.45, 7) is 0.365. The molecule has 1 fully saturated rings. The predicted octanol–water partition coefficient (Wildman–Crippen LogP) is 2.23. The largest absolute Gasteiger partial charge is 0.460 e. The predicted molar refractivity (Wildman–Crippen MR) is 117 cm³/mol. The van der Waals surface area contributed by atoms with E-state index in [0.717, 1.165) is 11.3 Å². The van der Waals surface area contributed by atoms with Gasteiger partial charge < -0.3 is 19.1 Å². The van der Waals surface area contributed by atoms with Gasteiger partial charge in [-0.1, -0.05) is 42.1 Å². The van der Waals surface area contributed by atoms with Gasteiger partial charge in [-0.15, -0.1) is 0 Å². The molecule has 3 aliphatic rings. The second-order valence-corrected chi connectivity index (χ2v) is 10.6. The quantitative estimate of drug-likeness (QED) is 0.627. The number of benzene rings is 2. The number of ether oxygens (including phenoxy) is 3. The summed E-state index contributed by atoms with van der Waals surface area (Å²) in [6, 6.07) is 14.3. The molecule has 3 heterocycles. The number of thioether (sulfide) groups is 1. The van der Waals surface area contributed by atoms with Crippen LogP contribution in [0.3, 0.4) is 0 Å². The highest BCUT2D eigenvalue weighted by Crippen LogP contribution is 2.40. The van der Waals surface area contributed by atoms with E-state index >= 15 is 0 Å². The molecule has 0 N–H and O–H groups in total. The smallest absolute Gasteiger partial charge is 0.316 e. The van der Waals surface area contributed by atoms with Gasteiger partial charge in [-0.2, -0.15) is 0 Å². The van der Waals surface area contributed by atoms with E-state index in [1.54, 1.807) is 6.07 Å². The maximum absolute atomic E-state index is 12.3. The first kappa shape index (κ1) is 20.2. The van der Waals surface area contributed by atoms with Gasteiger partial charge in [-0.3, -0.25) is 9.79 Å². The Morgan fingerprint density at radius 3 is 2.77 bits per heavy atom.